The number of carboxylic acids is 1. The fourth-order valence-electron chi connectivity index (χ4n) is 1.66. The molecule has 4 heteroatoms. The number of fused-ring (bicyclic) bond motifs is 1. The van der Waals surface area contributed by atoms with Crippen LogP contribution >= 0.6 is 0 Å². The lowest BCUT2D eigenvalue weighted by Crippen LogP contribution is -2.10. The smallest absolute Gasteiger partial charge is 0.371 e. The fourth-order valence-corrected chi connectivity index (χ4v) is 1.66. The molecule has 0 aliphatic carbocycles. The fraction of sp³-hybridized carbons (Fsp3) is 0.250. The van der Waals surface area contributed by atoms with Gasteiger partial charge in [0, 0.05) is 11.9 Å². The molecule has 0 saturated carbocycles. The van der Waals surface area contributed by atoms with Gasteiger partial charge in [-0.05, 0) is 37.9 Å². The first-order chi connectivity index (χ1) is 7.56. The Balaban J connectivity index is 2.41. The van der Waals surface area contributed by atoms with Crippen molar-refractivity contribution in [2.24, 2.45) is 0 Å². The second-order valence-corrected chi connectivity index (χ2v) is 4.03. The van der Waals surface area contributed by atoms with Crippen molar-refractivity contribution in [3.05, 3.63) is 35.6 Å². The van der Waals surface area contributed by atoms with Crippen LogP contribution in [0.4, 0.5) is 0 Å². The number of hydrogen-bond donors (Lipinski definition) is 1. The highest BCUT2D eigenvalue weighted by Crippen LogP contribution is 2.21. The molecule has 16 heavy (non-hydrogen) atoms. The van der Waals surface area contributed by atoms with Gasteiger partial charge >= 0.3 is 5.97 Å². The molecule has 0 atom stereocenters. The Morgan fingerprint density at radius 2 is 2.12 bits per heavy atom. The lowest BCUT2D eigenvalue weighted by Gasteiger charge is -2.08. The summed E-state index contributed by atoms with van der Waals surface area (Å²) in [5.74, 6) is -1.05. The Bertz CT molecular complexity index is 528. The molecule has 0 aliphatic heterocycles. The molecular formula is C12H13NO3. The molecule has 0 fully saturated rings. The van der Waals surface area contributed by atoms with E-state index in [0.29, 0.717) is 5.58 Å². The maximum atomic E-state index is 10.7. The Labute approximate surface area is 93.1 Å². The van der Waals surface area contributed by atoms with E-state index in [1.165, 1.54) is 0 Å². The number of carbonyl (C=O) groups is 1. The van der Waals surface area contributed by atoms with Crippen molar-refractivity contribution in [2.75, 3.05) is 14.1 Å². The summed E-state index contributed by atoms with van der Waals surface area (Å²) in [7, 11) is 3.98. The molecule has 0 amide bonds. The molecule has 1 aromatic heterocycles. The van der Waals surface area contributed by atoms with Crippen LogP contribution in [-0.4, -0.2) is 30.1 Å². The highest BCUT2D eigenvalue weighted by molar-refractivity contribution is 5.91. The van der Waals surface area contributed by atoms with Crippen molar-refractivity contribution in [1.82, 2.24) is 4.90 Å². The van der Waals surface area contributed by atoms with E-state index in [2.05, 4.69) is 4.90 Å². The molecule has 0 unspecified atom stereocenters. The molecule has 1 heterocycles. The van der Waals surface area contributed by atoms with Crippen molar-refractivity contribution >= 4 is 16.9 Å². The second-order valence-electron chi connectivity index (χ2n) is 4.03. The van der Waals surface area contributed by atoms with Gasteiger partial charge in [0.15, 0.2) is 0 Å². The van der Waals surface area contributed by atoms with Crippen LogP contribution in [0.5, 0.6) is 0 Å². The summed E-state index contributed by atoms with van der Waals surface area (Å²) in [6.45, 7) is 0.823. The van der Waals surface area contributed by atoms with E-state index in [-0.39, 0.29) is 5.76 Å². The minimum Gasteiger partial charge on any atom is -0.475 e. The van der Waals surface area contributed by atoms with Crippen molar-refractivity contribution in [3.8, 4) is 0 Å². The average molecular weight is 219 g/mol. The first-order valence-corrected chi connectivity index (χ1v) is 4.97. The number of carboxylic acid groups (broad SMARTS) is 1. The SMILES string of the molecule is CN(C)Cc1ccc2oc(C(=O)O)cc2c1. The Kier molecular flexibility index (Phi) is 2.66. The van der Waals surface area contributed by atoms with Crippen molar-refractivity contribution in [2.45, 2.75) is 6.54 Å². The van der Waals surface area contributed by atoms with E-state index >= 15 is 0 Å². The van der Waals surface area contributed by atoms with Crippen LogP contribution in [0, 0.1) is 0 Å². The molecule has 0 spiro atoms. The van der Waals surface area contributed by atoms with Gasteiger partial charge in [0.2, 0.25) is 5.76 Å². The summed E-state index contributed by atoms with van der Waals surface area (Å²) in [5, 5.41) is 9.63. The van der Waals surface area contributed by atoms with Gasteiger partial charge in [-0.3, -0.25) is 0 Å². The summed E-state index contributed by atoms with van der Waals surface area (Å²) in [4.78, 5) is 12.8. The van der Waals surface area contributed by atoms with Crippen LogP contribution in [0.25, 0.3) is 11.0 Å². The minimum absolute atomic E-state index is 0.0167. The van der Waals surface area contributed by atoms with Crippen LogP contribution in [0.1, 0.15) is 16.1 Å². The van der Waals surface area contributed by atoms with Crippen molar-refractivity contribution in [3.63, 3.8) is 0 Å². The second kappa shape index (κ2) is 3.98. The maximum Gasteiger partial charge on any atom is 0.371 e. The van der Waals surface area contributed by atoms with E-state index < -0.39 is 5.97 Å². The lowest BCUT2D eigenvalue weighted by molar-refractivity contribution is 0.0665. The molecule has 2 aromatic rings. The molecule has 0 aliphatic rings. The summed E-state index contributed by atoms with van der Waals surface area (Å²) in [6, 6.07) is 7.25. The van der Waals surface area contributed by atoms with Crippen LogP contribution < -0.4 is 0 Å². The quantitative estimate of drug-likeness (QED) is 0.859. The zero-order valence-corrected chi connectivity index (χ0v) is 9.23. The van der Waals surface area contributed by atoms with Crippen LogP contribution in [0.15, 0.2) is 28.7 Å². The highest BCUT2D eigenvalue weighted by atomic mass is 16.4. The zero-order valence-electron chi connectivity index (χ0n) is 9.23. The summed E-state index contributed by atoms with van der Waals surface area (Å²) < 4.78 is 5.18. The van der Waals surface area contributed by atoms with E-state index in [0.717, 1.165) is 17.5 Å². The molecule has 0 bridgehead atoms. The largest absolute Gasteiger partial charge is 0.475 e. The third-order valence-corrected chi connectivity index (χ3v) is 2.29. The monoisotopic (exact) mass is 219 g/mol. The highest BCUT2D eigenvalue weighted by Gasteiger charge is 2.10. The molecule has 0 radical (unpaired) electrons. The molecule has 2 rings (SSSR count). The third kappa shape index (κ3) is 2.06. The number of rotatable bonds is 3. The lowest BCUT2D eigenvalue weighted by atomic mass is 10.1. The zero-order chi connectivity index (χ0) is 11.7. The predicted molar refractivity (Wildman–Crippen MR) is 60.6 cm³/mol. The molecular weight excluding hydrogens is 206 g/mol. The number of aromatic carboxylic acids is 1. The molecule has 4 nitrogen and oxygen atoms in total. The standard InChI is InChI=1S/C12H13NO3/c1-13(2)7-8-3-4-10-9(5-8)6-11(16-10)12(14)15/h3-6H,7H2,1-2H3,(H,14,15). The normalized spacial score (nSPS) is 11.2. The number of furan rings is 1. The molecule has 1 N–H and O–H groups in total. The first-order valence-electron chi connectivity index (χ1n) is 4.97. The predicted octanol–water partition coefficient (Wildman–Crippen LogP) is 2.19. The van der Waals surface area contributed by atoms with Gasteiger partial charge in [-0.15, -0.1) is 0 Å². The van der Waals surface area contributed by atoms with E-state index in [9.17, 15) is 4.79 Å². The van der Waals surface area contributed by atoms with Crippen LogP contribution in [0.2, 0.25) is 0 Å². The van der Waals surface area contributed by atoms with Crippen LogP contribution in [-0.2, 0) is 6.54 Å². The number of benzene rings is 1. The number of hydrogen-bond acceptors (Lipinski definition) is 3. The minimum atomic E-state index is -1.04. The maximum absolute atomic E-state index is 10.7. The van der Waals surface area contributed by atoms with E-state index in [1.54, 1.807) is 12.1 Å². The van der Waals surface area contributed by atoms with Gasteiger partial charge in [0.05, 0.1) is 0 Å². The van der Waals surface area contributed by atoms with Gasteiger partial charge in [-0.2, -0.15) is 0 Å². The van der Waals surface area contributed by atoms with E-state index in [1.807, 2.05) is 26.2 Å². The Morgan fingerprint density at radius 3 is 2.75 bits per heavy atom. The topological polar surface area (TPSA) is 53.7 Å². The Hall–Kier alpha value is -1.81. The molecule has 84 valence electrons. The van der Waals surface area contributed by atoms with E-state index in [4.69, 9.17) is 9.52 Å². The van der Waals surface area contributed by atoms with Gasteiger partial charge in [0.25, 0.3) is 0 Å². The Morgan fingerprint density at radius 1 is 1.38 bits per heavy atom. The van der Waals surface area contributed by atoms with Gasteiger partial charge in [0.1, 0.15) is 5.58 Å². The summed E-state index contributed by atoms with van der Waals surface area (Å²) >= 11 is 0. The van der Waals surface area contributed by atoms with Gasteiger partial charge < -0.3 is 14.4 Å². The molecule has 1 aromatic carbocycles. The average Bonchev–Trinajstić information content (AvgIpc) is 2.59. The number of nitrogens with zero attached hydrogens (tertiary/aromatic N) is 1. The van der Waals surface area contributed by atoms with Crippen molar-refractivity contribution in [1.29, 1.82) is 0 Å². The third-order valence-electron chi connectivity index (χ3n) is 2.29. The summed E-state index contributed by atoms with van der Waals surface area (Å²) in [5.41, 5.74) is 1.75. The van der Waals surface area contributed by atoms with Gasteiger partial charge in [-0.25, -0.2) is 4.79 Å². The summed E-state index contributed by atoms with van der Waals surface area (Å²) in [6.07, 6.45) is 0. The van der Waals surface area contributed by atoms with Gasteiger partial charge in [-0.1, -0.05) is 6.07 Å². The van der Waals surface area contributed by atoms with Crippen LogP contribution in [0.3, 0.4) is 0 Å². The molecule has 0 saturated heterocycles. The first kappa shape index (κ1) is 10.7. The van der Waals surface area contributed by atoms with Crippen molar-refractivity contribution < 1.29 is 14.3 Å².